The number of ether oxygens (including phenoxy) is 2. The average molecular weight is 403 g/mol. The molecule has 0 atom stereocenters. The van der Waals surface area contributed by atoms with Gasteiger partial charge in [-0.15, -0.1) is 0 Å². The van der Waals surface area contributed by atoms with Gasteiger partial charge in [0.2, 0.25) is 0 Å². The van der Waals surface area contributed by atoms with Crippen LogP contribution in [-0.4, -0.2) is 22.5 Å². The summed E-state index contributed by atoms with van der Waals surface area (Å²) >= 11 is 3.31. The molecule has 7 heteroatoms. The number of carbonyl (C=O) groups is 1. The summed E-state index contributed by atoms with van der Waals surface area (Å²) in [5.41, 5.74) is 1.94. The molecule has 3 rings (SSSR count). The van der Waals surface area contributed by atoms with E-state index in [9.17, 15) is 9.59 Å². The van der Waals surface area contributed by atoms with E-state index in [-0.39, 0.29) is 12.2 Å². The Morgan fingerprint density at radius 2 is 2.04 bits per heavy atom. The lowest BCUT2D eigenvalue weighted by Gasteiger charge is -2.08. The fourth-order valence-corrected chi connectivity index (χ4v) is 2.71. The second kappa shape index (κ2) is 7.06. The molecule has 0 N–H and O–H groups in total. The fraction of sp³-hybridized carbons (Fsp3) is 0.167. The summed E-state index contributed by atoms with van der Waals surface area (Å²) in [6, 6.07) is 9.92. The van der Waals surface area contributed by atoms with Crippen molar-refractivity contribution in [3.8, 4) is 5.75 Å². The molecule has 0 saturated heterocycles. The van der Waals surface area contributed by atoms with Crippen molar-refractivity contribution in [1.29, 1.82) is 0 Å². The van der Waals surface area contributed by atoms with E-state index in [2.05, 4.69) is 20.9 Å². The highest BCUT2D eigenvalue weighted by Crippen LogP contribution is 2.19. The number of pyridine rings is 1. The normalized spacial score (nSPS) is 10.7. The zero-order valence-electron chi connectivity index (χ0n) is 13.7. The van der Waals surface area contributed by atoms with E-state index in [0.29, 0.717) is 22.7 Å². The van der Waals surface area contributed by atoms with Crippen LogP contribution in [0.1, 0.15) is 21.6 Å². The quantitative estimate of drug-likeness (QED) is 0.626. The molecule has 0 aliphatic heterocycles. The predicted molar refractivity (Wildman–Crippen MR) is 96.0 cm³/mol. The number of nitrogens with zero attached hydrogens (tertiary/aromatic N) is 2. The lowest BCUT2D eigenvalue weighted by molar-refractivity contribution is 0.0467. The fourth-order valence-electron chi connectivity index (χ4n) is 2.37. The Balaban J connectivity index is 1.79. The van der Waals surface area contributed by atoms with Crippen molar-refractivity contribution in [3.05, 3.63) is 74.2 Å². The summed E-state index contributed by atoms with van der Waals surface area (Å²) in [5, 5.41) is 0. The van der Waals surface area contributed by atoms with Crippen LogP contribution >= 0.6 is 15.9 Å². The number of carbonyl (C=O) groups excluding carboxylic acids is 1. The van der Waals surface area contributed by atoms with Crippen molar-refractivity contribution in [2.24, 2.45) is 0 Å². The summed E-state index contributed by atoms with van der Waals surface area (Å²) in [7, 11) is 1.54. The molecule has 0 radical (unpaired) electrons. The Morgan fingerprint density at radius 1 is 1.24 bits per heavy atom. The van der Waals surface area contributed by atoms with Crippen LogP contribution in [0.3, 0.4) is 0 Å². The average Bonchev–Trinajstić information content (AvgIpc) is 2.60. The van der Waals surface area contributed by atoms with Gasteiger partial charge in [-0.3, -0.25) is 9.20 Å². The van der Waals surface area contributed by atoms with Gasteiger partial charge in [-0.2, -0.15) is 0 Å². The van der Waals surface area contributed by atoms with Crippen molar-refractivity contribution in [1.82, 2.24) is 9.38 Å². The monoisotopic (exact) mass is 402 g/mol. The standard InChI is InChI=1S/C18H15BrN2O4/c1-11-3-4-12(7-15(11)24-2)18(23)25-10-14-8-17(22)21-9-13(19)5-6-16(21)20-14/h3-9H,10H2,1-2H3. The molecule has 0 unspecified atom stereocenters. The highest BCUT2D eigenvalue weighted by atomic mass is 79.9. The van der Waals surface area contributed by atoms with Gasteiger partial charge in [0, 0.05) is 16.7 Å². The van der Waals surface area contributed by atoms with Crippen LogP contribution in [0.15, 0.2) is 51.9 Å². The molecular formula is C18H15BrN2O4. The van der Waals surface area contributed by atoms with E-state index in [0.717, 1.165) is 10.0 Å². The molecule has 0 aliphatic carbocycles. The van der Waals surface area contributed by atoms with Crippen LogP contribution in [0.5, 0.6) is 5.75 Å². The number of rotatable bonds is 4. The third kappa shape index (κ3) is 3.71. The number of aryl methyl sites for hydroxylation is 1. The van der Waals surface area contributed by atoms with Crippen molar-refractivity contribution >= 4 is 27.5 Å². The zero-order valence-corrected chi connectivity index (χ0v) is 15.2. The SMILES string of the molecule is COc1cc(C(=O)OCc2cc(=O)n3cc(Br)ccc3n2)ccc1C. The third-order valence-electron chi connectivity index (χ3n) is 3.67. The number of methoxy groups -OCH3 is 1. The topological polar surface area (TPSA) is 69.9 Å². The van der Waals surface area contributed by atoms with Gasteiger partial charge in [-0.1, -0.05) is 6.07 Å². The van der Waals surface area contributed by atoms with Gasteiger partial charge in [0.05, 0.1) is 18.4 Å². The Hall–Kier alpha value is -2.67. The van der Waals surface area contributed by atoms with Gasteiger partial charge in [0.15, 0.2) is 0 Å². The van der Waals surface area contributed by atoms with Crippen LogP contribution < -0.4 is 10.3 Å². The minimum Gasteiger partial charge on any atom is -0.496 e. The molecule has 0 bridgehead atoms. The van der Waals surface area contributed by atoms with Crippen LogP contribution in [0.2, 0.25) is 0 Å². The minimum absolute atomic E-state index is 0.0865. The summed E-state index contributed by atoms with van der Waals surface area (Å²) in [4.78, 5) is 28.7. The number of hydrogen-bond donors (Lipinski definition) is 0. The first-order valence-corrected chi connectivity index (χ1v) is 8.27. The number of aromatic nitrogens is 2. The van der Waals surface area contributed by atoms with Crippen molar-refractivity contribution in [3.63, 3.8) is 0 Å². The lowest BCUT2D eigenvalue weighted by atomic mass is 10.1. The van der Waals surface area contributed by atoms with Gasteiger partial charge in [-0.05, 0) is 52.7 Å². The van der Waals surface area contributed by atoms with Crippen molar-refractivity contribution < 1.29 is 14.3 Å². The molecule has 3 aromatic rings. The Morgan fingerprint density at radius 3 is 2.80 bits per heavy atom. The summed E-state index contributed by atoms with van der Waals surface area (Å²) in [6.45, 7) is 1.80. The van der Waals surface area contributed by atoms with Gasteiger partial charge < -0.3 is 9.47 Å². The molecule has 0 fully saturated rings. The first kappa shape index (κ1) is 17.2. The maximum absolute atomic E-state index is 12.2. The molecule has 2 aromatic heterocycles. The molecule has 2 heterocycles. The van der Waals surface area contributed by atoms with Crippen molar-refractivity contribution in [2.45, 2.75) is 13.5 Å². The molecule has 0 aliphatic rings. The van der Waals surface area contributed by atoms with E-state index >= 15 is 0 Å². The van der Waals surface area contributed by atoms with E-state index in [4.69, 9.17) is 9.47 Å². The van der Waals surface area contributed by atoms with Crippen LogP contribution in [0.4, 0.5) is 0 Å². The second-order valence-corrected chi connectivity index (χ2v) is 6.34. The molecule has 1 aromatic carbocycles. The molecule has 25 heavy (non-hydrogen) atoms. The smallest absolute Gasteiger partial charge is 0.338 e. The van der Waals surface area contributed by atoms with Gasteiger partial charge >= 0.3 is 5.97 Å². The number of esters is 1. The van der Waals surface area contributed by atoms with Crippen LogP contribution in [0, 0.1) is 6.92 Å². The van der Waals surface area contributed by atoms with E-state index in [1.165, 1.54) is 10.5 Å². The van der Waals surface area contributed by atoms with E-state index < -0.39 is 5.97 Å². The lowest BCUT2D eigenvalue weighted by Crippen LogP contribution is -2.16. The van der Waals surface area contributed by atoms with E-state index in [1.807, 2.05) is 6.92 Å². The zero-order chi connectivity index (χ0) is 18.0. The molecule has 0 spiro atoms. The number of halogens is 1. The number of benzene rings is 1. The first-order chi connectivity index (χ1) is 12.0. The maximum Gasteiger partial charge on any atom is 0.338 e. The predicted octanol–water partition coefficient (Wildman–Crippen LogP) is 3.13. The van der Waals surface area contributed by atoms with Crippen LogP contribution in [-0.2, 0) is 11.3 Å². The number of hydrogen-bond acceptors (Lipinski definition) is 5. The van der Waals surface area contributed by atoms with Gasteiger partial charge in [0.25, 0.3) is 5.56 Å². The number of fused-ring (bicyclic) bond motifs is 1. The van der Waals surface area contributed by atoms with Gasteiger partial charge in [0.1, 0.15) is 18.0 Å². The molecule has 128 valence electrons. The molecule has 6 nitrogen and oxygen atoms in total. The summed E-state index contributed by atoms with van der Waals surface area (Å²) < 4.78 is 12.7. The largest absolute Gasteiger partial charge is 0.496 e. The third-order valence-corrected chi connectivity index (χ3v) is 4.14. The van der Waals surface area contributed by atoms with Crippen LogP contribution in [0.25, 0.3) is 5.65 Å². The molecular weight excluding hydrogens is 388 g/mol. The Kier molecular flexibility index (Phi) is 4.85. The van der Waals surface area contributed by atoms with Gasteiger partial charge in [-0.25, -0.2) is 9.78 Å². The summed E-state index contributed by atoms with van der Waals surface area (Å²) in [6.07, 6.45) is 1.64. The summed E-state index contributed by atoms with van der Waals surface area (Å²) in [5.74, 6) is 0.109. The first-order valence-electron chi connectivity index (χ1n) is 7.47. The Labute approximate surface area is 152 Å². The van der Waals surface area contributed by atoms with Crippen molar-refractivity contribution in [2.75, 3.05) is 7.11 Å². The van der Waals surface area contributed by atoms with E-state index in [1.54, 1.807) is 43.6 Å². The molecule has 0 amide bonds. The second-order valence-electron chi connectivity index (χ2n) is 5.42. The molecule has 0 saturated carbocycles. The highest BCUT2D eigenvalue weighted by molar-refractivity contribution is 9.10. The maximum atomic E-state index is 12.2. The highest BCUT2D eigenvalue weighted by Gasteiger charge is 2.11. The minimum atomic E-state index is -0.504. The Bertz CT molecular complexity index is 1010.